The summed E-state index contributed by atoms with van der Waals surface area (Å²) in [6.45, 7) is 3.73. The summed E-state index contributed by atoms with van der Waals surface area (Å²) in [5.41, 5.74) is 0.0798. The Morgan fingerprint density at radius 1 is 1.24 bits per heavy atom. The molecule has 1 N–H and O–H groups in total. The average Bonchev–Trinajstić information content (AvgIpc) is 2.46. The molecule has 1 saturated carbocycles. The van der Waals surface area contributed by atoms with E-state index >= 15 is 0 Å². The predicted octanol–water partition coefficient (Wildman–Crippen LogP) is 3.28. The summed E-state index contributed by atoms with van der Waals surface area (Å²) >= 11 is 0. The summed E-state index contributed by atoms with van der Waals surface area (Å²) in [6, 6.07) is 6.30. The molecule has 1 aromatic carbocycles. The van der Waals surface area contributed by atoms with E-state index in [0.717, 1.165) is 32.1 Å². The van der Waals surface area contributed by atoms with E-state index in [2.05, 4.69) is 4.72 Å². The molecular weight excluding hydrogens is 286 g/mol. The number of hydrogen-bond donors (Lipinski definition) is 1. The van der Waals surface area contributed by atoms with Gasteiger partial charge in [0.25, 0.3) is 0 Å². The molecule has 0 aromatic heterocycles. The highest BCUT2D eigenvalue weighted by Crippen LogP contribution is 2.29. The molecule has 0 aliphatic heterocycles. The molecule has 0 atom stereocenters. The number of benzene rings is 1. The van der Waals surface area contributed by atoms with Crippen LogP contribution in [0.4, 0.5) is 0 Å². The van der Waals surface area contributed by atoms with E-state index in [1.807, 2.05) is 6.92 Å². The fraction of sp³-hybridized carbons (Fsp3) is 0.562. The molecule has 1 aromatic rings. The molecule has 0 radical (unpaired) electrons. The van der Waals surface area contributed by atoms with Crippen molar-refractivity contribution in [1.82, 2.24) is 4.72 Å². The van der Waals surface area contributed by atoms with E-state index in [-0.39, 0.29) is 16.2 Å². The van der Waals surface area contributed by atoms with Crippen LogP contribution < -0.4 is 4.72 Å². The number of Topliss-reactive ketones (excluding diaryl/α,β-unsaturated/α-hetero) is 1. The van der Waals surface area contributed by atoms with Crippen LogP contribution in [0, 0.1) is 0 Å². The van der Waals surface area contributed by atoms with Gasteiger partial charge in [-0.15, -0.1) is 0 Å². The summed E-state index contributed by atoms with van der Waals surface area (Å²) in [7, 11) is -3.58. The number of carbonyl (C=O) groups excluding carboxylic acids is 1. The highest BCUT2D eigenvalue weighted by Gasteiger charge is 2.32. The van der Waals surface area contributed by atoms with Crippen LogP contribution >= 0.6 is 0 Å². The molecule has 0 unspecified atom stereocenters. The summed E-state index contributed by atoms with van der Waals surface area (Å²) in [5.74, 6) is -0.0454. The van der Waals surface area contributed by atoms with Gasteiger partial charge in [0.05, 0.1) is 4.90 Å². The fourth-order valence-electron chi connectivity index (χ4n) is 2.86. The fourth-order valence-corrected chi connectivity index (χ4v) is 4.37. The van der Waals surface area contributed by atoms with Crippen molar-refractivity contribution in [3.63, 3.8) is 0 Å². The van der Waals surface area contributed by atoms with Crippen molar-refractivity contribution in [3.05, 3.63) is 29.8 Å². The second-order valence-electron chi connectivity index (χ2n) is 6.03. The SMILES string of the molecule is CCC(=O)c1cccc(S(=O)(=O)NC2(C)CCCCC2)c1. The monoisotopic (exact) mass is 309 g/mol. The molecule has 1 aliphatic rings. The summed E-state index contributed by atoms with van der Waals surface area (Å²) in [6.07, 6.45) is 5.35. The highest BCUT2D eigenvalue weighted by molar-refractivity contribution is 7.89. The molecule has 116 valence electrons. The molecule has 0 bridgehead atoms. The maximum Gasteiger partial charge on any atom is 0.241 e. The van der Waals surface area contributed by atoms with Crippen LogP contribution in [0.15, 0.2) is 29.2 Å². The summed E-state index contributed by atoms with van der Waals surface area (Å²) in [5, 5.41) is 0. The number of ketones is 1. The first-order valence-electron chi connectivity index (χ1n) is 7.53. The van der Waals surface area contributed by atoms with E-state index in [9.17, 15) is 13.2 Å². The van der Waals surface area contributed by atoms with Crippen LogP contribution in [0.25, 0.3) is 0 Å². The van der Waals surface area contributed by atoms with Gasteiger partial charge in [0.1, 0.15) is 0 Å². The topological polar surface area (TPSA) is 63.2 Å². The Balaban J connectivity index is 2.25. The van der Waals surface area contributed by atoms with Crippen molar-refractivity contribution in [2.45, 2.75) is 62.8 Å². The molecule has 0 heterocycles. The standard InChI is InChI=1S/C16H23NO3S/c1-3-15(18)13-8-7-9-14(12-13)21(19,20)17-16(2)10-5-4-6-11-16/h7-9,12,17H,3-6,10-11H2,1-2H3. The quantitative estimate of drug-likeness (QED) is 0.849. The van der Waals surface area contributed by atoms with Crippen LogP contribution in [-0.2, 0) is 10.0 Å². The Morgan fingerprint density at radius 3 is 2.52 bits per heavy atom. The Morgan fingerprint density at radius 2 is 1.90 bits per heavy atom. The third-order valence-corrected chi connectivity index (χ3v) is 5.76. The second kappa shape index (κ2) is 6.28. The lowest BCUT2D eigenvalue weighted by Gasteiger charge is -2.34. The van der Waals surface area contributed by atoms with Crippen LogP contribution in [0.2, 0.25) is 0 Å². The number of carbonyl (C=O) groups is 1. The Kier molecular flexibility index (Phi) is 4.84. The van der Waals surface area contributed by atoms with E-state index in [4.69, 9.17) is 0 Å². The normalized spacial score (nSPS) is 18.4. The number of hydrogen-bond acceptors (Lipinski definition) is 3. The molecular formula is C16H23NO3S. The lowest BCUT2D eigenvalue weighted by molar-refractivity contribution is 0.0988. The molecule has 5 heteroatoms. The number of nitrogens with one attached hydrogen (secondary N) is 1. The molecule has 4 nitrogen and oxygen atoms in total. The van der Waals surface area contributed by atoms with E-state index in [1.54, 1.807) is 25.1 Å². The molecule has 1 aliphatic carbocycles. The zero-order chi connectivity index (χ0) is 15.5. The van der Waals surface area contributed by atoms with Gasteiger partial charge in [0.15, 0.2) is 5.78 Å². The van der Waals surface area contributed by atoms with Gasteiger partial charge in [-0.2, -0.15) is 0 Å². The predicted molar refractivity (Wildman–Crippen MR) is 82.9 cm³/mol. The van der Waals surface area contributed by atoms with Crippen molar-refractivity contribution in [2.75, 3.05) is 0 Å². The van der Waals surface area contributed by atoms with Gasteiger partial charge < -0.3 is 0 Å². The van der Waals surface area contributed by atoms with E-state index < -0.39 is 10.0 Å². The highest BCUT2D eigenvalue weighted by atomic mass is 32.2. The lowest BCUT2D eigenvalue weighted by atomic mass is 9.84. The van der Waals surface area contributed by atoms with Crippen LogP contribution in [0.1, 0.15) is 62.7 Å². The van der Waals surface area contributed by atoms with Crippen LogP contribution in [-0.4, -0.2) is 19.7 Å². The minimum Gasteiger partial charge on any atom is -0.294 e. The molecule has 21 heavy (non-hydrogen) atoms. The third kappa shape index (κ3) is 3.92. The molecule has 2 rings (SSSR count). The molecule has 1 fully saturated rings. The number of rotatable bonds is 5. The number of sulfonamides is 1. The minimum atomic E-state index is -3.58. The van der Waals surface area contributed by atoms with E-state index in [0.29, 0.717) is 12.0 Å². The second-order valence-corrected chi connectivity index (χ2v) is 7.71. The molecule has 0 spiro atoms. The minimum absolute atomic E-state index is 0.0454. The summed E-state index contributed by atoms with van der Waals surface area (Å²) in [4.78, 5) is 11.9. The molecule has 0 amide bonds. The Labute approximate surface area is 127 Å². The first-order chi connectivity index (χ1) is 9.86. The van der Waals surface area contributed by atoms with Crippen molar-refractivity contribution < 1.29 is 13.2 Å². The van der Waals surface area contributed by atoms with Gasteiger partial charge in [-0.05, 0) is 31.9 Å². The van der Waals surface area contributed by atoms with Crippen molar-refractivity contribution >= 4 is 15.8 Å². The van der Waals surface area contributed by atoms with E-state index in [1.165, 1.54) is 6.07 Å². The zero-order valence-corrected chi connectivity index (χ0v) is 13.5. The third-order valence-electron chi connectivity index (χ3n) is 4.13. The Hall–Kier alpha value is -1.20. The lowest BCUT2D eigenvalue weighted by Crippen LogP contribution is -2.47. The van der Waals surface area contributed by atoms with Crippen molar-refractivity contribution in [3.8, 4) is 0 Å². The van der Waals surface area contributed by atoms with Gasteiger partial charge in [-0.1, -0.05) is 38.3 Å². The molecule has 0 saturated heterocycles. The van der Waals surface area contributed by atoms with Crippen molar-refractivity contribution in [2.24, 2.45) is 0 Å². The maximum atomic E-state index is 12.5. The van der Waals surface area contributed by atoms with Gasteiger partial charge in [0, 0.05) is 17.5 Å². The van der Waals surface area contributed by atoms with Crippen molar-refractivity contribution in [1.29, 1.82) is 0 Å². The van der Waals surface area contributed by atoms with Gasteiger partial charge in [0.2, 0.25) is 10.0 Å². The maximum absolute atomic E-state index is 12.5. The van der Waals surface area contributed by atoms with Crippen LogP contribution in [0.3, 0.4) is 0 Å². The summed E-state index contributed by atoms with van der Waals surface area (Å²) < 4.78 is 27.9. The van der Waals surface area contributed by atoms with Gasteiger partial charge in [-0.25, -0.2) is 13.1 Å². The first-order valence-corrected chi connectivity index (χ1v) is 9.02. The zero-order valence-electron chi connectivity index (χ0n) is 12.7. The Bertz CT molecular complexity index is 616. The van der Waals surface area contributed by atoms with Gasteiger partial charge >= 0.3 is 0 Å². The first kappa shape index (κ1) is 16.2. The van der Waals surface area contributed by atoms with Crippen LogP contribution in [0.5, 0.6) is 0 Å². The van der Waals surface area contributed by atoms with Gasteiger partial charge in [-0.3, -0.25) is 4.79 Å². The largest absolute Gasteiger partial charge is 0.294 e. The average molecular weight is 309 g/mol. The smallest absolute Gasteiger partial charge is 0.241 e.